The molecule has 0 unspecified atom stereocenters. The molecule has 0 spiro atoms. The number of carbonyl (C=O) groups excluding carboxylic acids is 5. The predicted molar refractivity (Wildman–Crippen MR) is 153 cm³/mol. The molecule has 0 bridgehead atoms. The van der Waals surface area contributed by atoms with Crippen LogP contribution in [0.5, 0.6) is 0 Å². The van der Waals surface area contributed by atoms with Gasteiger partial charge in [-0.15, -0.1) is 0 Å². The number of hydrogen-bond donors (Lipinski definition) is 0. The van der Waals surface area contributed by atoms with E-state index in [-0.39, 0.29) is 23.6 Å². The molecule has 0 radical (unpaired) electrons. The standard InChI is InChI=1S/C15H17N3O2.C15H18N2O3/c1-5-18-11-7-6-10(9-16)8-12(11)17(4)13(19)15(2,3)14(18)20;1-5-17-11-7-6-10(9-18)8-12(11)16(4)13(19)15(2,3)14(17)20/h6-8H,5H2,1-4H3;6-9H,5H2,1-4H3. The maximum absolute atomic E-state index is 12.6. The zero-order valence-corrected chi connectivity index (χ0v) is 24.2. The van der Waals surface area contributed by atoms with Crippen LogP contribution in [0.4, 0.5) is 22.7 Å². The minimum absolute atomic E-state index is 0.222. The topological polar surface area (TPSA) is 122 Å². The van der Waals surface area contributed by atoms with E-state index in [1.54, 1.807) is 88.0 Å². The van der Waals surface area contributed by atoms with Crippen LogP contribution >= 0.6 is 0 Å². The molecule has 0 saturated carbocycles. The Labute approximate surface area is 234 Å². The van der Waals surface area contributed by atoms with Crippen molar-refractivity contribution in [3.8, 4) is 6.07 Å². The van der Waals surface area contributed by atoms with E-state index in [1.807, 2.05) is 13.8 Å². The Hall–Kier alpha value is -4.52. The number of rotatable bonds is 3. The second kappa shape index (κ2) is 10.9. The van der Waals surface area contributed by atoms with Gasteiger partial charge in [0, 0.05) is 32.7 Å². The summed E-state index contributed by atoms with van der Waals surface area (Å²) in [5, 5.41) is 9.01. The highest BCUT2D eigenvalue weighted by molar-refractivity contribution is 6.21. The summed E-state index contributed by atoms with van der Waals surface area (Å²) >= 11 is 0. The average molecular weight is 546 g/mol. The monoisotopic (exact) mass is 545 g/mol. The number of nitrogens with zero attached hydrogens (tertiary/aromatic N) is 5. The molecule has 0 atom stereocenters. The molecule has 0 aromatic heterocycles. The van der Waals surface area contributed by atoms with Gasteiger partial charge in [-0.05, 0) is 77.9 Å². The molecule has 0 aliphatic carbocycles. The Morgan fingerprint density at radius 3 is 1.52 bits per heavy atom. The Morgan fingerprint density at radius 2 is 1.12 bits per heavy atom. The highest BCUT2D eigenvalue weighted by atomic mass is 16.2. The number of hydrogen-bond acceptors (Lipinski definition) is 6. The zero-order chi connectivity index (χ0) is 30.2. The van der Waals surface area contributed by atoms with Crippen LogP contribution in [-0.4, -0.2) is 57.1 Å². The van der Waals surface area contributed by atoms with Gasteiger partial charge in [0.1, 0.15) is 17.1 Å². The molecule has 2 aliphatic heterocycles. The number of benzene rings is 2. The van der Waals surface area contributed by atoms with E-state index in [9.17, 15) is 24.0 Å². The van der Waals surface area contributed by atoms with E-state index >= 15 is 0 Å². The van der Waals surface area contributed by atoms with Crippen LogP contribution in [0.15, 0.2) is 36.4 Å². The Morgan fingerprint density at radius 1 is 0.700 bits per heavy atom. The van der Waals surface area contributed by atoms with E-state index < -0.39 is 10.8 Å². The number of amides is 4. The second-order valence-corrected chi connectivity index (χ2v) is 10.8. The van der Waals surface area contributed by atoms with Crippen molar-refractivity contribution in [3.05, 3.63) is 47.5 Å². The summed E-state index contributed by atoms with van der Waals surface area (Å²) in [5.74, 6) is -0.993. The van der Waals surface area contributed by atoms with E-state index in [0.29, 0.717) is 47.0 Å². The highest BCUT2D eigenvalue weighted by Gasteiger charge is 2.46. The van der Waals surface area contributed by atoms with Crippen LogP contribution in [0, 0.1) is 22.2 Å². The summed E-state index contributed by atoms with van der Waals surface area (Å²) in [6.07, 6.45) is 0.729. The molecule has 2 heterocycles. The number of fused-ring (bicyclic) bond motifs is 2. The molecule has 2 aromatic carbocycles. The molecule has 10 heteroatoms. The van der Waals surface area contributed by atoms with Crippen LogP contribution < -0.4 is 19.6 Å². The molecule has 0 fully saturated rings. The Kier molecular flexibility index (Phi) is 8.20. The van der Waals surface area contributed by atoms with Gasteiger partial charge in [-0.1, -0.05) is 0 Å². The lowest BCUT2D eigenvalue weighted by molar-refractivity contribution is -0.139. The first-order valence-electron chi connectivity index (χ1n) is 13.0. The molecule has 4 rings (SSSR count). The SMILES string of the molecule is CCN1C(=O)C(C)(C)C(=O)N(C)c2cc(C#N)ccc21.CCN1C(=O)C(C)(C)C(=O)N(C)c2cc(C=O)ccc21. The molecule has 210 valence electrons. The van der Waals surface area contributed by atoms with Gasteiger partial charge in [-0.3, -0.25) is 24.0 Å². The molecular weight excluding hydrogens is 510 g/mol. The van der Waals surface area contributed by atoms with Crippen LogP contribution in [-0.2, 0) is 19.2 Å². The second-order valence-electron chi connectivity index (χ2n) is 10.8. The Bertz CT molecular complexity index is 1440. The van der Waals surface area contributed by atoms with E-state index in [4.69, 9.17) is 5.26 Å². The van der Waals surface area contributed by atoms with Crippen LogP contribution in [0.2, 0.25) is 0 Å². The minimum atomic E-state index is -1.12. The average Bonchev–Trinajstić information content (AvgIpc) is 3.04. The third-order valence-corrected chi connectivity index (χ3v) is 7.42. The van der Waals surface area contributed by atoms with E-state index in [2.05, 4.69) is 6.07 Å². The number of aldehydes is 1. The molecule has 10 nitrogen and oxygen atoms in total. The van der Waals surface area contributed by atoms with Gasteiger partial charge in [0.05, 0.1) is 34.4 Å². The molecule has 0 N–H and O–H groups in total. The quantitative estimate of drug-likeness (QED) is 0.428. The summed E-state index contributed by atoms with van der Waals surface area (Å²) in [5.41, 5.74) is 1.21. The third-order valence-electron chi connectivity index (χ3n) is 7.42. The first-order chi connectivity index (χ1) is 18.7. The van der Waals surface area contributed by atoms with Crippen molar-refractivity contribution in [3.63, 3.8) is 0 Å². The van der Waals surface area contributed by atoms with Crippen LogP contribution in [0.25, 0.3) is 0 Å². The lowest BCUT2D eigenvalue weighted by Crippen LogP contribution is -2.47. The largest absolute Gasteiger partial charge is 0.313 e. The van der Waals surface area contributed by atoms with Crippen molar-refractivity contribution in [1.82, 2.24) is 0 Å². The van der Waals surface area contributed by atoms with E-state index in [0.717, 1.165) is 6.29 Å². The molecular formula is C30H35N5O5. The van der Waals surface area contributed by atoms with Gasteiger partial charge in [0.25, 0.3) is 0 Å². The maximum Gasteiger partial charge on any atom is 0.242 e. The maximum atomic E-state index is 12.6. The molecule has 0 saturated heterocycles. The molecule has 2 aliphatic rings. The van der Waals surface area contributed by atoms with Crippen LogP contribution in [0.3, 0.4) is 0 Å². The van der Waals surface area contributed by atoms with Gasteiger partial charge >= 0.3 is 0 Å². The minimum Gasteiger partial charge on any atom is -0.313 e. The van der Waals surface area contributed by atoms with Gasteiger partial charge in [-0.25, -0.2) is 0 Å². The zero-order valence-electron chi connectivity index (χ0n) is 24.2. The lowest BCUT2D eigenvalue weighted by atomic mass is 9.90. The first-order valence-corrected chi connectivity index (χ1v) is 13.0. The highest BCUT2D eigenvalue weighted by Crippen LogP contribution is 2.39. The van der Waals surface area contributed by atoms with Crippen molar-refractivity contribution in [1.29, 1.82) is 5.26 Å². The smallest absolute Gasteiger partial charge is 0.242 e. The summed E-state index contributed by atoms with van der Waals surface area (Å²) in [4.78, 5) is 67.2. The van der Waals surface area contributed by atoms with Gasteiger partial charge in [-0.2, -0.15) is 5.26 Å². The fourth-order valence-electron chi connectivity index (χ4n) is 4.96. The summed E-state index contributed by atoms with van der Waals surface area (Å²) in [6, 6.07) is 12.1. The van der Waals surface area contributed by atoms with Crippen LogP contribution in [0.1, 0.15) is 57.5 Å². The molecule has 4 amide bonds. The molecule has 2 aromatic rings. The third kappa shape index (κ3) is 4.83. The number of carbonyl (C=O) groups is 5. The normalized spacial score (nSPS) is 17.7. The van der Waals surface area contributed by atoms with Crippen molar-refractivity contribution in [2.75, 3.05) is 46.8 Å². The predicted octanol–water partition coefficient (Wildman–Crippen LogP) is 3.77. The van der Waals surface area contributed by atoms with Crippen molar-refractivity contribution in [2.24, 2.45) is 10.8 Å². The van der Waals surface area contributed by atoms with Gasteiger partial charge in [0.2, 0.25) is 23.6 Å². The first kappa shape index (κ1) is 30.0. The lowest BCUT2D eigenvalue weighted by Gasteiger charge is -2.27. The molecule has 40 heavy (non-hydrogen) atoms. The van der Waals surface area contributed by atoms with E-state index in [1.165, 1.54) is 9.80 Å². The van der Waals surface area contributed by atoms with Gasteiger partial charge < -0.3 is 19.6 Å². The fourth-order valence-corrected chi connectivity index (χ4v) is 4.96. The number of anilines is 4. The van der Waals surface area contributed by atoms with Gasteiger partial charge in [0.15, 0.2) is 0 Å². The van der Waals surface area contributed by atoms with Crippen molar-refractivity contribution >= 4 is 52.7 Å². The summed E-state index contributed by atoms with van der Waals surface area (Å²) in [6.45, 7) is 11.2. The number of nitriles is 1. The fraction of sp³-hybridized carbons (Fsp3) is 0.400. The van der Waals surface area contributed by atoms with Crippen molar-refractivity contribution < 1.29 is 24.0 Å². The summed E-state index contributed by atoms with van der Waals surface area (Å²) < 4.78 is 0. The Balaban J connectivity index is 0.000000220. The summed E-state index contributed by atoms with van der Waals surface area (Å²) in [7, 11) is 3.26. The van der Waals surface area contributed by atoms with Crippen molar-refractivity contribution in [2.45, 2.75) is 41.5 Å².